The van der Waals surface area contributed by atoms with Crippen LogP contribution in [0.2, 0.25) is 0 Å². The van der Waals surface area contributed by atoms with Crippen molar-refractivity contribution in [3.63, 3.8) is 0 Å². The highest BCUT2D eigenvalue weighted by Gasteiger charge is 2.29. The Labute approximate surface area is 150 Å². The lowest BCUT2D eigenvalue weighted by molar-refractivity contribution is 0.0696. The molecule has 0 saturated carbocycles. The minimum absolute atomic E-state index is 0.0817. The van der Waals surface area contributed by atoms with E-state index in [1.54, 1.807) is 24.5 Å². The topological polar surface area (TPSA) is 94.6 Å². The fourth-order valence-corrected chi connectivity index (χ4v) is 3.36. The summed E-state index contributed by atoms with van der Waals surface area (Å²) in [6.45, 7) is 1.92. The second kappa shape index (κ2) is 7.03. The molecule has 0 spiro atoms. The van der Waals surface area contributed by atoms with Crippen molar-refractivity contribution in [3.8, 4) is 0 Å². The Hall–Kier alpha value is -3.10. The van der Waals surface area contributed by atoms with Crippen LogP contribution in [0.1, 0.15) is 40.9 Å². The van der Waals surface area contributed by atoms with Crippen LogP contribution in [0.15, 0.2) is 36.8 Å². The third kappa shape index (κ3) is 3.19. The molecule has 1 amide bonds. The summed E-state index contributed by atoms with van der Waals surface area (Å²) in [6, 6.07) is 5.31. The summed E-state index contributed by atoms with van der Waals surface area (Å²) in [7, 11) is 1.97. The molecule has 1 aliphatic rings. The van der Waals surface area contributed by atoms with Crippen LogP contribution in [0.4, 0.5) is 0 Å². The second-order valence-corrected chi connectivity index (χ2v) is 6.44. The smallest absolute Gasteiger partial charge is 0.274 e. The van der Waals surface area contributed by atoms with Crippen LogP contribution in [0.5, 0.6) is 0 Å². The molecule has 9 heteroatoms. The number of carbonyl (C=O) groups is 1. The Balaban J connectivity index is 1.50. The highest BCUT2D eigenvalue weighted by molar-refractivity contribution is 5.92. The van der Waals surface area contributed by atoms with E-state index < -0.39 is 0 Å². The van der Waals surface area contributed by atoms with Gasteiger partial charge in [-0.05, 0) is 31.0 Å². The molecular formula is C17H20N8O. The first-order valence-electron chi connectivity index (χ1n) is 8.65. The third-order valence-corrected chi connectivity index (χ3v) is 4.73. The Bertz CT molecular complexity index is 874. The number of carbonyl (C=O) groups excluding carboxylic acids is 1. The van der Waals surface area contributed by atoms with Gasteiger partial charge >= 0.3 is 0 Å². The first kappa shape index (κ1) is 16.4. The zero-order chi connectivity index (χ0) is 17.9. The molecule has 0 aromatic carbocycles. The zero-order valence-corrected chi connectivity index (χ0v) is 14.6. The molecule has 0 radical (unpaired) electrons. The Morgan fingerprint density at radius 1 is 1.23 bits per heavy atom. The van der Waals surface area contributed by atoms with Gasteiger partial charge in [0, 0.05) is 44.6 Å². The molecule has 0 N–H and O–H groups in total. The molecule has 1 fully saturated rings. The number of likely N-dealkylation sites (tertiary alicyclic amines) is 1. The maximum absolute atomic E-state index is 12.6. The lowest BCUT2D eigenvalue weighted by atomic mass is 9.97. The van der Waals surface area contributed by atoms with Crippen molar-refractivity contribution in [3.05, 3.63) is 54.1 Å². The largest absolute Gasteiger partial charge is 0.337 e. The van der Waals surface area contributed by atoms with Crippen molar-refractivity contribution in [2.45, 2.75) is 25.3 Å². The maximum Gasteiger partial charge on any atom is 0.274 e. The Morgan fingerprint density at radius 3 is 2.92 bits per heavy atom. The minimum atomic E-state index is -0.0817. The lowest BCUT2D eigenvalue weighted by Gasteiger charge is -2.31. The quantitative estimate of drug-likeness (QED) is 0.691. The van der Waals surface area contributed by atoms with Crippen molar-refractivity contribution in [2.24, 2.45) is 7.05 Å². The molecule has 9 nitrogen and oxygen atoms in total. The molecule has 4 rings (SSSR count). The number of hydrogen-bond acceptors (Lipinski definition) is 6. The minimum Gasteiger partial charge on any atom is -0.337 e. The normalized spacial score (nSPS) is 17.4. The van der Waals surface area contributed by atoms with Crippen molar-refractivity contribution in [1.82, 2.24) is 39.6 Å². The number of piperidine rings is 1. The highest BCUT2D eigenvalue weighted by Crippen LogP contribution is 2.26. The maximum atomic E-state index is 12.6. The average Bonchev–Trinajstić information content (AvgIpc) is 3.33. The Morgan fingerprint density at radius 2 is 2.15 bits per heavy atom. The summed E-state index contributed by atoms with van der Waals surface area (Å²) in [5.41, 5.74) is 0.380. The summed E-state index contributed by atoms with van der Waals surface area (Å²) in [5, 5.41) is 20.7. The number of rotatable bonds is 4. The monoisotopic (exact) mass is 352 g/mol. The predicted octanol–water partition coefficient (Wildman–Crippen LogP) is 0.870. The zero-order valence-electron chi connectivity index (χ0n) is 14.6. The van der Waals surface area contributed by atoms with E-state index in [-0.39, 0.29) is 11.8 Å². The van der Waals surface area contributed by atoms with Crippen LogP contribution >= 0.6 is 0 Å². The van der Waals surface area contributed by atoms with E-state index in [0.717, 1.165) is 31.0 Å². The summed E-state index contributed by atoms with van der Waals surface area (Å²) < 4.78 is 3.83. The molecule has 4 heterocycles. The highest BCUT2D eigenvalue weighted by atomic mass is 16.2. The van der Waals surface area contributed by atoms with E-state index in [2.05, 4.69) is 25.5 Å². The third-order valence-electron chi connectivity index (χ3n) is 4.73. The van der Waals surface area contributed by atoms with E-state index in [4.69, 9.17) is 0 Å². The average molecular weight is 352 g/mol. The summed E-state index contributed by atoms with van der Waals surface area (Å²) in [6.07, 6.45) is 7.12. The molecule has 0 bridgehead atoms. The molecule has 1 saturated heterocycles. The number of aromatic nitrogens is 7. The van der Waals surface area contributed by atoms with Crippen LogP contribution in [0, 0.1) is 0 Å². The van der Waals surface area contributed by atoms with E-state index in [1.165, 1.54) is 0 Å². The molecule has 1 unspecified atom stereocenters. The number of hydrogen-bond donors (Lipinski definition) is 0. The van der Waals surface area contributed by atoms with E-state index >= 15 is 0 Å². The van der Waals surface area contributed by atoms with Gasteiger partial charge in [-0.2, -0.15) is 10.2 Å². The molecule has 26 heavy (non-hydrogen) atoms. The fraction of sp³-hybridized carbons (Fsp3) is 0.412. The van der Waals surface area contributed by atoms with E-state index in [1.807, 2.05) is 33.5 Å². The van der Waals surface area contributed by atoms with Crippen molar-refractivity contribution in [1.29, 1.82) is 0 Å². The van der Waals surface area contributed by atoms with Gasteiger partial charge in [0.1, 0.15) is 12.4 Å². The fourth-order valence-electron chi connectivity index (χ4n) is 3.36. The van der Waals surface area contributed by atoms with Gasteiger partial charge in [-0.25, -0.2) is 0 Å². The van der Waals surface area contributed by atoms with Crippen LogP contribution in [-0.4, -0.2) is 58.6 Å². The van der Waals surface area contributed by atoms with Gasteiger partial charge in [0.25, 0.3) is 5.91 Å². The lowest BCUT2D eigenvalue weighted by Crippen LogP contribution is -2.40. The second-order valence-electron chi connectivity index (χ2n) is 6.44. The summed E-state index contributed by atoms with van der Waals surface area (Å²) in [5.74, 6) is 1.83. The van der Waals surface area contributed by atoms with Gasteiger partial charge in [-0.3, -0.25) is 9.48 Å². The number of nitrogens with zero attached hydrogens (tertiary/aromatic N) is 8. The summed E-state index contributed by atoms with van der Waals surface area (Å²) >= 11 is 0. The van der Waals surface area contributed by atoms with Gasteiger partial charge in [0.15, 0.2) is 11.5 Å². The van der Waals surface area contributed by atoms with Crippen molar-refractivity contribution in [2.75, 3.05) is 13.1 Å². The SMILES string of the molecule is Cn1c(Cn2cccn2)nnc1C1CCCN(C(=O)c2cccnn2)C1. The molecule has 1 atom stereocenters. The molecule has 1 aliphatic heterocycles. The van der Waals surface area contributed by atoms with E-state index in [0.29, 0.717) is 18.8 Å². The summed E-state index contributed by atoms with van der Waals surface area (Å²) in [4.78, 5) is 14.5. The number of amides is 1. The first-order chi connectivity index (χ1) is 12.7. The van der Waals surface area contributed by atoms with Crippen LogP contribution in [-0.2, 0) is 13.6 Å². The van der Waals surface area contributed by atoms with Crippen LogP contribution in [0.25, 0.3) is 0 Å². The van der Waals surface area contributed by atoms with Gasteiger partial charge in [-0.15, -0.1) is 15.3 Å². The van der Waals surface area contributed by atoms with Gasteiger partial charge in [0.2, 0.25) is 0 Å². The molecule has 3 aromatic rings. The molecule has 134 valence electrons. The van der Waals surface area contributed by atoms with Crippen LogP contribution < -0.4 is 0 Å². The first-order valence-corrected chi connectivity index (χ1v) is 8.65. The predicted molar refractivity (Wildman–Crippen MR) is 92.2 cm³/mol. The van der Waals surface area contributed by atoms with E-state index in [9.17, 15) is 4.79 Å². The van der Waals surface area contributed by atoms with Crippen molar-refractivity contribution < 1.29 is 4.79 Å². The molecule has 3 aromatic heterocycles. The van der Waals surface area contributed by atoms with Crippen LogP contribution in [0.3, 0.4) is 0 Å². The van der Waals surface area contributed by atoms with Crippen molar-refractivity contribution >= 4 is 5.91 Å². The van der Waals surface area contributed by atoms with Gasteiger partial charge in [0.05, 0.1) is 0 Å². The Kier molecular flexibility index (Phi) is 4.42. The van der Waals surface area contributed by atoms with Gasteiger partial charge in [-0.1, -0.05) is 0 Å². The molecule has 0 aliphatic carbocycles. The standard InChI is InChI=1S/C17H20N8O/c1-23-15(12-25-10-4-8-19-25)21-22-16(23)13-5-3-9-24(11-13)17(26)14-6-2-7-18-20-14/h2,4,6-8,10,13H,3,5,9,11-12H2,1H3. The molecular weight excluding hydrogens is 332 g/mol. The van der Waals surface area contributed by atoms with Gasteiger partial charge < -0.3 is 9.47 Å².